The summed E-state index contributed by atoms with van der Waals surface area (Å²) in [6, 6.07) is 32.8. The van der Waals surface area contributed by atoms with Crippen LogP contribution in [0, 0.1) is 0 Å². The van der Waals surface area contributed by atoms with Crippen molar-refractivity contribution < 1.29 is 19.0 Å². The van der Waals surface area contributed by atoms with Gasteiger partial charge in [0.1, 0.15) is 12.6 Å². The van der Waals surface area contributed by atoms with E-state index < -0.39 is 12.0 Å². The Hall–Kier alpha value is -5.25. The van der Waals surface area contributed by atoms with Crippen molar-refractivity contribution in [3.05, 3.63) is 155 Å². The molecule has 0 spiro atoms. The number of carbonyl (C=O) groups is 1. The molecule has 2 aromatic heterocycles. The van der Waals surface area contributed by atoms with Gasteiger partial charge in [-0.15, -0.1) is 11.3 Å². The maximum absolute atomic E-state index is 14.2. The number of ether oxygens (including phenoxy) is 3. The lowest BCUT2D eigenvalue weighted by Crippen LogP contribution is -2.39. The Balaban J connectivity index is 1.30. The van der Waals surface area contributed by atoms with Crippen LogP contribution in [0.1, 0.15) is 41.5 Å². The number of esters is 1. The molecule has 0 N–H and O–H groups in total. The number of thiophene rings is 1. The molecule has 7 rings (SSSR count). The van der Waals surface area contributed by atoms with E-state index in [2.05, 4.69) is 24.3 Å². The van der Waals surface area contributed by atoms with Gasteiger partial charge in [0, 0.05) is 10.4 Å². The highest BCUT2D eigenvalue weighted by molar-refractivity contribution is 7.10. The number of hydrogen-bond donors (Lipinski definition) is 0. The van der Waals surface area contributed by atoms with Gasteiger partial charge in [0.05, 0.1) is 29.0 Å². The Labute approximate surface area is 285 Å². The minimum Gasteiger partial charge on any atom is -0.490 e. The van der Waals surface area contributed by atoms with Crippen LogP contribution in [0.25, 0.3) is 22.5 Å². The lowest BCUT2D eigenvalue weighted by molar-refractivity contribution is -0.138. The first-order valence-corrected chi connectivity index (χ1v) is 17.4. The second-order valence-corrected chi connectivity index (χ2v) is 13.0. The van der Waals surface area contributed by atoms with Gasteiger partial charge < -0.3 is 14.2 Å². The second-order valence-electron chi connectivity index (χ2n) is 11.0. The van der Waals surface area contributed by atoms with Crippen LogP contribution in [0.4, 0.5) is 0 Å². The Kier molecular flexibility index (Phi) is 9.05. The fourth-order valence-corrected chi connectivity index (χ4v) is 7.71. The van der Waals surface area contributed by atoms with Crippen molar-refractivity contribution >= 4 is 51.2 Å². The molecule has 0 aliphatic carbocycles. The molecule has 3 heterocycles. The number of nitrogens with zero attached hydrogens (tertiary/aromatic N) is 2. The lowest BCUT2D eigenvalue weighted by atomic mass is 9.97. The Morgan fingerprint density at radius 3 is 2.48 bits per heavy atom. The Bertz CT molecular complexity index is 2320. The number of hydrogen-bond acceptors (Lipinski definition) is 8. The molecule has 1 atom stereocenters. The normalized spacial score (nSPS) is 14.5. The summed E-state index contributed by atoms with van der Waals surface area (Å²) in [6.45, 7) is 4.74. The van der Waals surface area contributed by atoms with E-state index in [1.807, 2.05) is 97.2 Å². The predicted molar refractivity (Wildman–Crippen MR) is 191 cm³/mol. The molecule has 9 heteroatoms. The Morgan fingerprint density at radius 2 is 1.69 bits per heavy atom. The third-order valence-corrected chi connectivity index (χ3v) is 9.92. The number of carbonyl (C=O) groups excluding carboxylic acids is 1. The molecule has 0 amide bonds. The molecule has 48 heavy (non-hydrogen) atoms. The van der Waals surface area contributed by atoms with Gasteiger partial charge in [-0.1, -0.05) is 96.3 Å². The van der Waals surface area contributed by atoms with Crippen molar-refractivity contribution in [1.82, 2.24) is 4.57 Å². The molecule has 1 aliphatic rings. The Morgan fingerprint density at radius 1 is 0.875 bits per heavy atom. The van der Waals surface area contributed by atoms with Gasteiger partial charge in [0.2, 0.25) is 0 Å². The van der Waals surface area contributed by atoms with E-state index in [4.69, 9.17) is 19.2 Å². The van der Waals surface area contributed by atoms with E-state index in [9.17, 15) is 9.59 Å². The van der Waals surface area contributed by atoms with Crippen LogP contribution in [-0.2, 0) is 16.1 Å². The monoisotopic (exact) mass is 672 g/mol. The van der Waals surface area contributed by atoms with Gasteiger partial charge in [-0.2, -0.15) is 0 Å². The molecule has 0 saturated carbocycles. The highest BCUT2D eigenvalue weighted by Gasteiger charge is 2.35. The molecule has 6 aromatic rings. The smallest absolute Gasteiger partial charge is 0.338 e. The van der Waals surface area contributed by atoms with Gasteiger partial charge in [-0.3, -0.25) is 9.36 Å². The van der Waals surface area contributed by atoms with Crippen LogP contribution in [0.3, 0.4) is 0 Å². The molecule has 0 saturated heterocycles. The maximum Gasteiger partial charge on any atom is 0.338 e. The number of rotatable bonds is 10. The first-order chi connectivity index (χ1) is 23.6. The van der Waals surface area contributed by atoms with Crippen molar-refractivity contribution in [3.8, 4) is 11.5 Å². The largest absolute Gasteiger partial charge is 0.490 e. The first-order valence-electron chi connectivity index (χ1n) is 15.7. The molecule has 240 valence electrons. The third-order valence-electron chi connectivity index (χ3n) is 8.01. The summed E-state index contributed by atoms with van der Waals surface area (Å²) in [5.41, 5.74) is 3.25. The van der Waals surface area contributed by atoms with E-state index >= 15 is 0 Å². The van der Waals surface area contributed by atoms with Gasteiger partial charge in [0.25, 0.3) is 5.56 Å². The van der Waals surface area contributed by atoms with E-state index in [-0.39, 0.29) is 12.2 Å². The highest BCUT2D eigenvalue weighted by Crippen LogP contribution is 2.37. The molecule has 4 aromatic carbocycles. The SMILES string of the molecule is CCOC(=O)C1=C(c2ccccc2)N=c2s/c(=C/c3ccc(OCc4cccc5ccccc45)c(OCC)c3)c(=O)n2[C@H]1c1cccs1. The van der Waals surface area contributed by atoms with E-state index in [1.54, 1.807) is 11.5 Å². The topological polar surface area (TPSA) is 79.1 Å². The summed E-state index contributed by atoms with van der Waals surface area (Å²) >= 11 is 2.77. The number of aromatic nitrogens is 1. The van der Waals surface area contributed by atoms with Gasteiger partial charge in [-0.25, -0.2) is 9.79 Å². The predicted octanol–water partition coefficient (Wildman–Crippen LogP) is 7.13. The van der Waals surface area contributed by atoms with E-state index in [0.717, 1.165) is 32.3 Å². The zero-order valence-electron chi connectivity index (χ0n) is 26.4. The summed E-state index contributed by atoms with van der Waals surface area (Å²) in [7, 11) is 0. The quantitative estimate of drug-likeness (QED) is 0.145. The van der Waals surface area contributed by atoms with Crippen LogP contribution in [-0.4, -0.2) is 23.8 Å². The molecular weight excluding hydrogens is 641 g/mol. The average Bonchev–Trinajstić information content (AvgIpc) is 3.76. The number of fused-ring (bicyclic) bond motifs is 2. The third kappa shape index (κ3) is 6.10. The first kappa shape index (κ1) is 31.4. The molecule has 0 fully saturated rings. The van der Waals surface area contributed by atoms with E-state index in [0.29, 0.717) is 45.3 Å². The molecule has 0 unspecified atom stereocenters. The molecule has 0 bridgehead atoms. The minimum atomic E-state index is -0.679. The summed E-state index contributed by atoms with van der Waals surface area (Å²) in [6.07, 6.45) is 1.84. The van der Waals surface area contributed by atoms with Crippen LogP contribution in [0.5, 0.6) is 11.5 Å². The van der Waals surface area contributed by atoms with Crippen LogP contribution in [0.15, 0.2) is 124 Å². The van der Waals surface area contributed by atoms with Crippen molar-refractivity contribution in [2.45, 2.75) is 26.5 Å². The van der Waals surface area contributed by atoms with Crippen molar-refractivity contribution in [1.29, 1.82) is 0 Å². The van der Waals surface area contributed by atoms with Crippen molar-refractivity contribution in [2.24, 2.45) is 4.99 Å². The van der Waals surface area contributed by atoms with Crippen molar-refractivity contribution in [3.63, 3.8) is 0 Å². The van der Waals surface area contributed by atoms with Gasteiger partial charge in [-0.05, 0) is 65.4 Å². The van der Waals surface area contributed by atoms with E-state index in [1.165, 1.54) is 22.7 Å². The standard InChI is InChI=1S/C39H32N2O5S2/c1-3-44-31-22-25(19-20-30(31)46-24-28-16-10-15-26-12-8-9-17-29(26)28)23-33-37(42)41-36(32-18-11-21-47-32)34(38(43)45-4-2)35(40-39(41)48-33)27-13-6-5-7-14-27/h5-23,36H,3-4,24H2,1-2H3/b33-23+/t36-/m0/s1. The maximum atomic E-state index is 14.2. The summed E-state index contributed by atoms with van der Waals surface area (Å²) in [5, 5.41) is 4.24. The molecule has 0 radical (unpaired) electrons. The number of thiazole rings is 1. The van der Waals surface area contributed by atoms with Crippen LogP contribution < -0.4 is 24.4 Å². The van der Waals surface area contributed by atoms with Gasteiger partial charge >= 0.3 is 5.97 Å². The average molecular weight is 673 g/mol. The summed E-state index contributed by atoms with van der Waals surface area (Å²) < 4.78 is 19.9. The lowest BCUT2D eigenvalue weighted by Gasteiger charge is -2.24. The van der Waals surface area contributed by atoms with Crippen LogP contribution in [0.2, 0.25) is 0 Å². The van der Waals surface area contributed by atoms with Crippen molar-refractivity contribution in [2.75, 3.05) is 13.2 Å². The van der Waals surface area contributed by atoms with Crippen LogP contribution >= 0.6 is 22.7 Å². The fourth-order valence-electron chi connectivity index (χ4n) is 5.88. The summed E-state index contributed by atoms with van der Waals surface area (Å²) in [5.74, 6) is 0.715. The summed E-state index contributed by atoms with van der Waals surface area (Å²) in [4.78, 5) is 34.0. The van der Waals surface area contributed by atoms with Gasteiger partial charge in [0.15, 0.2) is 16.3 Å². The fraction of sp³-hybridized carbons (Fsp3) is 0.154. The zero-order valence-corrected chi connectivity index (χ0v) is 28.1. The highest BCUT2D eigenvalue weighted by atomic mass is 32.1. The molecule has 1 aliphatic heterocycles. The minimum absolute atomic E-state index is 0.204. The molecular formula is C39H32N2O5S2. The zero-order chi connectivity index (χ0) is 33.0. The number of benzene rings is 4. The second kappa shape index (κ2) is 13.9. The molecule has 7 nitrogen and oxygen atoms in total.